The molecule has 0 spiro atoms. The molecule has 1 aromatic carbocycles. The van der Waals surface area contributed by atoms with Gasteiger partial charge in [-0.15, -0.1) is 0 Å². The van der Waals surface area contributed by atoms with E-state index < -0.39 is 19.9 Å². The number of hydrogen-bond donors (Lipinski definition) is 3. The van der Waals surface area contributed by atoms with Crippen LogP contribution < -0.4 is 16.4 Å². The first-order chi connectivity index (χ1) is 15.9. The number of sulfonamides is 1. The largest absolute Gasteiger partial charge is 0.367 e. The van der Waals surface area contributed by atoms with E-state index in [0.29, 0.717) is 17.3 Å². The van der Waals surface area contributed by atoms with Gasteiger partial charge in [-0.2, -0.15) is 9.61 Å². The van der Waals surface area contributed by atoms with Gasteiger partial charge >= 0.3 is 0 Å². The smallest absolute Gasteiger partial charge is 0.242 e. The van der Waals surface area contributed by atoms with E-state index in [0.717, 1.165) is 36.2 Å². The fraction of sp³-hybridized carbons (Fsp3) is 0.429. The Bertz CT molecular complexity index is 1390. The Balaban J connectivity index is 1.70. The summed E-state index contributed by atoms with van der Waals surface area (Å²) in [7, 11) is -4.16. The highest BCUT2D eigenvalue weighted by Crippen LogP contribution is 2.27. The molecule has 1 aliphatic carbocycles. The molecule has 0 saturated heterocycles. The third-order valence-corrected chi connectivity index (χ3v) is 8.78. The molecule has 1 fully saturated rings. The maximum absolute atomic E-state index is 12.3. The molecule has 4 rings (SSSR count). The fourth-order valence-electron chi connectivity index (χ4n) is 3.91. The second-order valence-corrected chi connectivity index (χ2v) is 12.9. The number of hydrogen-bond acceptors (Lipinski definition) is 9. The lowest BCUT2D eigenvalue weighted by atomic mass is 9.92. The van der Waals surface area contributed by atoms with Crippen molar-refractivity contribution in [2.75, 3.05) is 31.0 Å². The van der Waals surface area contributed by atoms with Crippen LogP contribution >= 0.6 is 0 Å². The minimum atomic E-state index is -3.55. The maximum Gasteiger partial charge on any atom is 0.242 e. The molecule has 1 saturated carbocycles. The van der Waals surface area contributed by atoms with Crippen molar-refractivity contribution in [2.45, 2.75) is 47.6 Å². The molecule has 1 aliphatic rings. The first-order valence-corrected chi connectivity index (χ1v) is 14.2. The molecule has 0 radical (unpaired) electrons. The molecular formula is C21H29N7O4S2. The van der Waals surface area contributed by atoms with Crippen molar-refractivity contribution in [3.05, 3.63) is 36.5 Å². The SMILES string of the molecule is CN(C)S(=O)(=O)c1ccc(Nc2cc(NC3CCC(N)CC3)nc3c(S(C)(=O)=O)cnn23)cc1. The minimum Gasteiger partial charge on any atom is -0.367 e. The van der Waals surface area contributed by atoms with Gasteiger partial charge in [-0.25, -0.2) is 26.1 Å². The molecule has 0 bridgehead atoms. The van der Waals surface area contributed by atoms with E-state index in [4.69, 9.17) is 5.73 Å². The van der Waals surface area contributed by atoms with Crippen molar-refractivity contribution in [3.63, 3.8) is 0 Å². The number of benzene rings is 1. The highest BCUT2D eigenvalue weighted by Gasteiger charge is 2.22. The summed E-state index contributed by atoms with van der Waals surface area (Å²) < 4.78 is 51.8. The molecule has 34 heavy (non-hydrogen) atoms. The maximum atomic E-state index is 12.3. The molecule has 3 aromatic rings. The van der Waals surface area contributed by atoms with Crippen molar-refractivity contribution < 1.29 is 16.8 Å². The number of nitrogens with two attached hydrogens (primary N) is 1. The summed E-state index contributed by atoms with van der Waals surface area (Å²) in [5.41, 5.74) is 6.82. The molecule has 0 unspecified atom stereocenters. The van der Waals surface area contributed by atoms with Gasteiger partial charge < -0.3 is 16.4 Å². The van der Waals surface area contributed by atoms with Gasteiger partial charge in [0.2, 0.25) is 10.0 Å². The number of rotatable bonds is 7. The minimum absolute atomic E-state index is 0.0253. The molecule has 0 aliphatic heterocycles. The summed E-state index contributed by atoms with van der Waals surface area (Å²) in [5, 5.41) is 10.8. The number of sulfone groups is 1. The third-order valence-electron chi connectivity index (χ3n) is 5.87. The van der Waals surface area contributed by atoms with Crippen LogP contribution in [0.5, 0.6) is 0 Å². The second kappa shape index (κ2) is 9.13. The quantitative estimate of drug-likeness (QED) is 0.435. The predicted octanol–water partition coefficient (Wildman–Crippen LogP) is 1.81. The molecule has 13 heteroatoms. The van der Waals surface area contributed by atoms with Gasteiger partial charge in [0.25, 0.3) is 0 Å². The lowest BCUT2D eigenvalue weighted by Gasteiger charge is -2.27. The molecule has 0 amide bonds. The second-order valence-electron chi connectivity index (χ2n) is 8.74. The van der Waals surface area contributed by atoms with Crippen molar-refractivity contribution in [2.24, 2.45) is 5.73 Å². The van der Waals surface area contributed by atoms with Crippen LogP contribution in [0.4, 0.5) is 17.3 Å². The van der Waals surface area contributed by atoms with Crippen LogP contribution in [0.25, 0.3) is 5.65 Å². The Morgan fingerprint density at radius 2 is 1.71 bits per heavy atom. The van der Waals surface area contributed by atoms with Crippen molar-refractivity contribution in [1.29, 1.82) is 0 Å². The first-order valence-electron chi connectivity index (χ1n) is 10.9. The number of aromatic nitrogens is 3. The highest BCUT2D eigenvalue weighted by atomic mass is 32.2. The Kier molecular flexibility index (Phi) is 6.55. The van der Waals surface area contributed by atoms with Gasteiger partial charge in [-0.05, 0) is 49.9 Å². The number of fused-ring (bicyclic) bond motifs is 1. The molecule has 184 valence electrons. The molecule has 2 aromatic heterocycles. The van der Waals surface area contributed by atoms with Crippen LogP contribution in [-0.4, -0.2) is 68.2 Å². The zero-order valence-corrected chi connectivity index (χ0v) is 20.9. The topological polar surface area (TPSA) is 152 Å². The standard InChI is InChI=1S/C21H29N7O4S2/c1-27(2)34(31,32)17-10-8-16(9-11-17)25-20-12-19(24-15-6-4-14(22)5-7-15)26-21-18(33(3,29)30)13-23-28(20)21/h8-15,25H,4-7,22H2,1-3H3,(H,24,26). The van der Waals surface area contributed by atoms with Gasteiger partial charge in [0.1, 0.15) is 16.5 Å². The summed E-state index contributed by atoms with van der Waals surface area (Å²) in [6.07, 6.45) is 6.01. The molecular weight excluding hydrogens is 478 g/mol. The Morgan fingerprint density at radius 1 is 1.06 bits per heavy atom. The summed E-state index contributed by atoms with van der Waals surface area (Å²) in [5.74, 6) is 1.01. The van der Waals surface area contributed by atoms with Crippen LogP contribution in [0.3, 0.4) is 0 Å². The molecule has 2 heterocycles. The molecule has 0 atom stereocenters. The fourth-order valence-corrected chi connectivity index (χ4v) is 5.51. The van der Waals surface area contributed by atoms with Gasteiger partial charge in [-0.3, -0.25) is 0 Å². The molecule has 4 N–H and O–H groups in total. The van der Waals surface area contributed by atoms with Gasteiger partial charge in [0.15, 0.2) is 15.5 Å². The lowest BCUT2D eigenvalue weighted by molar-refractivity contribution is 0.410. The summed E-state index contributed by atoms with van der Waals surface area (Å²) in [6.45, 7) is 0. The van der Waals surface area contributed by atoms with E-state index in [1.807, 2.05) is 0 Å². The number of nitrogens with zero attached hydrogens (tertiary/aromatic N) is 4. The van der Waals surface area contributed by atoms with E-state index in [1.54, 1.807) is 18.2 Å². The van der Waals surface area contributed by atoms with Gasteiger partial charge in [0.05, 0.1) is 11.1 Å². The summed E-state index contributed by atoms with van der Waals surface area (Å²) >= 11 is 0. The van der Waals surface area contributed by atoms with E-state index in [-0.39, 0.29) is 27.5 Å². The third kappa shape index (κ3) is 5.02. The van der Waals surface area contributed by atoms with E-state index in [1.165, 1.54) is 36.9 Å². The van der Waals surface area contributed by atoms with Crippen molar-refractivity contribution in [1.82, 2.24) is 18.9 Å². The van der Waals surface area contributed by atoms with Crippen LogP contribution in [0, 0.1) is 0 Å². The zero-order chi connectivity index (χ0) is 24.7. The Labute approximate surface area is 199 Å². The van der Waals surface area contributed by atoms with Crippen LogP contribution in [0.1, 0.15) is 25.7 Å². The van der Waals surface area contributed by atoms with Crippen LogP contribution in [-0.2, 0) is 19.9 Å². The van der Waals surface area contributed by atoms with Gasteiger partial charge in [-0.1, -0.05) is 0 Å². The Hall–Kier alpha value is -2.74. The van der Waals surface area contributed by atoms with Crippen molar-refractivity contribution >= 4 is 42.8 Å². The molecule has 11 nitrogen and oxygen atoms in total. The monoisotopic (exact) mass is 507 g/mol. The first kappa shape index (κ1) is 24.4. The summed E-state index contributed by atoms with van der Waals surface area (Å²) in [4.78, 5) is 4.73. The number of anilines is 3. The van der Waals surface area contributed by atoms with Crippen molar-refractivity contribution in [3.8, 4) is 0 Å². The zero-order valence-electron chi connectivity index (χ0n) is 19.3. The lowest BCUT2D eigenvalue weighted by Crippen LogP contribution is -2.33. The Morgan fingerprint density at radius 3 is 2.29 bits per heavy atom. The average molecular weight is 508 g/mol. The van der Waals surface area contributed by atoms with Gasteiger partial charge in [0, 0.05) is 44.2 Å². The van der Waals surface area contributed by atoms with E-state index >= 15 is 0 Å². The number of nitrogens with one attached hydrogen (secondary N) is 2. The summed E-state index contributed by atoms with van der Waals surface area (Å²) in [6, 6.07) is 8.43. The van der Waals surface area contributed by atoms with Crippen LogP contribution in [0.2, 0.25) is 0 Å². The van der Waals surface area contributed by atoms with E-state index in [2.05, 4.69) is 20.7 Å². The normalized spacial score (nSPS) is 19.4. The highest BCUT2D eigenvalue weighted by molar-refractivity contribution is 7.91. The van der Waals surface area contributed by atoms with Crippen LogP contribution in [0.15, 0.2) is 46.3 Å². The average Bonchev–Trinajstić information content (AvgIpc) is 3.20. The predicted molar refractivity (Wildman–Crippen MR) is 131 cm³/mol. The van der Waals surface area contributed by atoms with E-state index in [9.17, 15) is 16.8 Å².